The second kappa shape index (κ2) is 9.21. The monoisotopic (exact) mass is 480 g/mol. The maximum Gasteiger partial charge on any atom is 0.511 e. The minimum atomic E-state index is -1.71. The van der Waals surface area contributed by atoms with Gasteiger partial charge in [-0.15, -0.1) is 0 Å². The normalized spacial score (nSPS) is 10.8. The van der Waals surface area contributed by atoms with Crippen molar-refractivity contribution in [3.8, 4) is 28.5 Å². The van der Waals surface area contributed by atoms with E-state index in [1.165, 1.54) is 37.0 Å². The standard InChI is InChI=1S/C24H20N2O9/c1-12-25-19(14-8-9-17(33-3)15-10-18(23(28)29)34-20(14)15)21(35-24(30)31)22(27)26(12)11-13-6-4-5-7-16(13)32-2/h4-10H,11H2,1-3H3,(H,28,29)(H,30,31). The van der Waals surface area contributed by atoms with E-state index in [2.05, 4.69) is 4.98 Å². The number of benzene rings is 2. The van der Waals surface area contributed by atoms with Gasteiger partial charge in [0.1, 0.15) is 28.6 Å². The van der Waals surface area contributed by atoms with E-state index in [-0.39, 0.29) is 35.0 Å². The molecule has 11 heteroatoms. The van der Waals surface area contributed by atoms with Gasteiger partial charge < -0.3 is 28.8 Å². The molecule has 0 aliphatic rings. The number of furan rings is 1. The van der Waals surface area contributed by atoms with Crippen molar-refractivity contribution in [2.75, 3.05) is 14.2 Å². The molecule has 180 valence electrons. The highest BCUT2D eigenvalue weighted by atomic mass is 16.7. The Morgan fingerprint density at radius 3 is 2.43 bits per heavy atom. The predicted octanol–water partition coefficient (Wildman–Crippen LogP) is 3.79. The van der Waals surface area contributed by atoms with Crippen LogP contribution >= 0.6 is 0 Å². The lowest BCUT2D eigenvalue weighted by Gasteiger charge is -2.16. The lowest BCUT2D eigenvalue weighted by atomic mass is 10.1. The number of nitrogens with zero attached hydrogens (tertiary/aromatic N) is 2. The second-order valence-electron chi connectivity index (χ2n) is 7.38. The number of hydrogen-bond acceptors (Lipinski definition) is 8. The minimum Gasteiger partial charge on any atom is -0.496 e. The molecule has 0 saturated heterocycles. The maximum atomic E-state index is 13.4. The average Bonchev–Trinajstić information content (AvgIpc) is 3.29. The first-order chi connectivity index (χ1) is 16.7. The van der Waals surface area contributed by atoms with Crippen LogP contribution in [0.3, 0.4) is 0 Å². The lowest BCUT2D eigenvalue weighted by molar-refractivity contribution is 0.0665. The number of fused-ring (bicyclic) bond motifs is 1. The number of aromatic nitrogens is 2. The number of carboxylic acid groups (broad SMARTS) is 2. The van der Waals surface area contributed by atoms with Crippen molar-refractivity contribution >= 4 is 23.1 Å². The van der Waals surface area contributed by atoms with Crippen LogP contribution in [0.1, 0.15) is 21.9 Å². The fourth-order valence-corrected chi connectivity index (χ4v) is 3.76. The highest BCUT2D eigenvalue weighted by Crippen LogP contribution is 2.38. The van der Waals surface area contributed by atoms with Crippen molar-refractivity contribution in [1.29, 1.82) is 0 Å². The van der Waals surface area contributed by atoms with E-state index in [9.17, 15) is 24.6 Å². The van der Waals surface area contributed by atoms with Gasteiger partial charge in [0.05, 0.1) is 26.2 Å². The molecule has 0 bridgehead atoms. The van der Waals surface area contributed by atoms with Crippen LogP contribution in [0, 0.1) is 6.92 Å². The first kappa shape index (κ1) is 23.4. The third-order valence-corrected chi connectivity index (χ3v) is 5.36. The van der Waals surface area contributed by atoms with Crippen LogP contribution in [-0.4, -0.2) is 46.1 Å². The fraction of sp³-hybridized carbons (Fsp3) is 0.167. The van der Waals surface area contributed by atoms with Crippen LogP contribution < -0.4 is 19.8 Å². The summed E-state index contributed by atoms with van der Waals surface area (Å²) in [5.41, 5.74) is -0.000126. The summed E-state index contributed by atoms with van der Waals surface area (Å²) < 4.78 is 22.3. The van der Waals surface area contributed by atoms with Crippen LogP contribution in [-0.2, 0) is 6.54 Å². The molecule has 0 saturated carbocycles. The third-order valence-electron chi connectivity index (χ3n) is 5.36. The molecule has 2 aromatic heterocycles. The summed E-state index contributed by atoms with van der Waals surface area (Å²) in [6.45, 7) is 1.62. The fourth-order valence-electron chi connectivity index (χ4n) is 3.76. The molecule has 0 atom stereocenters. The molecule has 2 N–H and O–H groups in total. The number of rotatable bonds is 7. The van der Waals surface area contributed by atoms with Crippen molar-refractivity contribution in [3.63, 3.8) is 0 Å². The van der Waals surface area contributed by atoms with E-state index in [0.717, 1.165) is 0 Å². The van der Waals surface area contributed by atoms with Gasteiger partial charge in [0.2, 0.25) is 11.5 Å². The van der Waals surface area contributed by atoms with E-state index >= 15 is 0 Å². The van der Waals surface area contributed by atoms with E-state index in [1.807, 2.05) is 0 Å². The van der Waals surface area contributed by atoms with Gasteiger partial charge in [-0.1, -0.05) is 18.2 Å². The van der Waals surface area contributed by atoms with Gasteiger partial charge in [-0.3, -0.25) is 9.36 Å². The number of carboxylic acids is 1. The number of ether oxygens (including phenoxy) is 3. The summed E-state index contributed by atoms with van der Waals surface area (Å²) in [5, 5.41) is 19.0. The summed E-state index contributed by atoms with van der Waals surface area (Å²) in [5.74, 6) is -1.13. The molecule has 0 amide bonds. The molecule has 4 rings (SSSR count). The Balaban J connectivity index is 1.97. The van der Waals surface area contributed by atoms with E-state index in [0.29, 0.717) is 22.4 Å². The molecule has 0 aliphatic heterocycles. The zero-order valence-electron chi connectivity index (χ0n) is 18.9. The molecule has 0 spiro atoms. The Labute approximate surface area is 197 Å². The van der Waals surface area contributed by atoms with Gasteiger partial charge in [0.15, 0.2) is 0 Å². The van der Waals surface area contributed by atoms with E-state index < -0.39 is 23.4 Å². The second-order valence-corrected chi connectivity index (χ2v) is 7.38. The van der Waals surface area contributed by atoms with Crippen LogP contribution in [0.5, 0.6) is 17.2 Å². The Kier molecular flexibility index (Phi) is 6.15. The zero-order chi connectivity index (χ0) is 25.3. The van der Waals surface area contributed by atoms with Crippen molar-refractivity contribution in [1.82, 2.24) is 9.55 Å². The smallest absolute Gasteiger partial charge is 0.496 e. The molecular weight excluding hydrogens is 460 g/mol. The van der Waals surface area contributed by atoms with E-state index in [4.69, 9.17) is 18.6 Å². The number of aromatic carboxylic acids is 1. The molecule has 0 aliphatic carbocycles. The Morgan fingerprint density at radius 1 is 1.06 bits per heavy atom. The first-order valence-corrected chi connectivity index (χ1v) is 10.2. The van der Waals surface area contributed by atoms with Gasteiger partial charge in [-0.2, -0.15) is 0 Å². The largest absolute Gasteiger partial charge is 0.511 e. The summed E-state index contributed by atoms with van der Waals surface area (Å²) >= 11 is 0. The summed E-state index contributed by atoms with van der Waals surface area (Å²) in [6.07, 6.45) is -1.71. The molecular formula is C24H20N2O9. The quantitative estimate of drug-likeness (QED) is 0.374. The molecule has 11 nitrogen and oxygen atoms in total. The first-order valence-electron chi connectivity index (χ1n) is 10.2. The minimum absolute atomic E-state index is 0.0415. The molecule has 0 radical (unpaired) electrons. The van der Waals surface area contributed by atoms with Crippen molar-refractivity contribution in [2.24, 2.45) is 0 Å². The number of para-hydroxylation sites is 1. The molecule has 0 fully saturated rings. The molecule has 2 aromatic carbocycles. The Bertz CT molecular complexity index is 1520. The van der Waals surface area contributed by atoms with Gasteiger partial charge >= 0.3 is 12.1 Å². The Hall–Kier alpha value is -4.80. The molecule has 2 heterocycles. The topological polar surface area (TPSA) is 150 Å². The van der Waals surface area contributed by atoms with Crippen molar-refractivity contribution in [2.45, 2.75) is 13.5 Å². The zero-order valence-corrected chi connectivity index (χ0v) is 18.9. The lowest BCUT2D eigenvalue weighted by Crippen LogP contribution is -2.28. The van der Waals surface area contributed by atoms with Gasteiger partial charge in [0, 0.05) is 17.2 Å². The van der Waals surface area contributed by atoms with Crippen molar-refractivity contribution in [3.05, 3.63) is 70.0 Å². The van der Waals surface area contributed by atoms with Crippen LogP contribution in [0.2, 0.25) is 0 Å². The highest BCUT2D eigenvalue weighted by molar-refractivity contribution is 6.01. The molecule has 0 unspecified atom stereocenters. The highest BCUT2D eigenvalue weighted by Gasteiger charge is 2.25. The van der Waals surface area contributed by atoms with E-state index in [1.54, 1.807) is 31.2 Å². The average molecular weight is 480 g/mol. The third kappa shape index (κ3) is 4.26. The number of carbonyl (C=O) groups is 2. The predicted molar refractivity (Wildman–Crippen MR) is 123 cm³/mol. The maximum absolute atomic E-state index is 13.4. The van der Waals surface area contributed by atoms with Crippen LogP contribution in [0.25, 0.3) is 22.2 Å². The van der Waals surface area contributed by atoms with Crippen LogP contribution in [0.15, 0.2) is 51.7 Å². The number of aryl methyl sites for hydroxylation is 1. The summed E-state index contributed by atoms with van der Waals surface area (Å²) in [6, 6.07) is 11.3. The Morgan fingerprint density at radius 2 is 1.77 bits per heavy atom. The SMILES string of the molecule is COc1ccccc1Cn1c(C)nc(-c2ccc(OC)c3cc(C(=O)O)oc23)c(OC(=O)O)c1=O. The van der Waals surface area contributed by atoms with Gasteiger partial charge in [-0.25, -0.2) is 14.6 Å². The summed E-state index contributed by atoms with van der Waals surface area (Å²) in [4.78, 5) is 40.9. The number of methoxy groups -OCH3 is 2. The number of hydrogen-bond donors (Lipinski definition) is 2. The molecule has 4 aromatic rings. The summed E-state index contributed by atoms with van der Waals surface area (Å²) in [7, 11) is 2.90. The van der Waals surface area contributed by atoms with Gasteiger partial charge in [-0.05, 0) is 25.1 Å². The van der Waals surface area contributed by atoms with Crippen LogP contribution in [0.4, 0.5) is 4.79 Å². The molecule has 35 heavy (non-hydrogen) atoms. The van der Waals surface area contributed by atoms with Gasteiger partial charge in [0.25, 0.3) is 5.56 Å². The van der Waals surface area contributed by atoms with Crippen molar-refractivity contribution < 1.29 is 38.4 Å².